The second kappa shape index (κ2) is 7.81. The van der Waals surface area contributed by atoms with Crippen LogP contribution >= 0.6 is 0 Å². The highest BCUT2D eigenvalue weighted by Crippen LogP contribution is 2.35. The van der Waals surface area contributed by atoms with Crippen molar-refractivity contribution >= 4 is 28.6 Å². The molecule has 6 nitrogen and oxygen atoms in total. The number of hydrogen-bond donors (Lipinski definition) is 1. The SMILES string of the molecule is Cc1ccccc1NC(=O)N1CCN(c2nc3ccccc3nc2C(F)(F)F)CC1. The Balaban J connectivity index is 1.52. The van der Waals surface area contributed by atoms with Gasteiger partial charge in [0.1, 0.15) is 0 Å². The lowest BCUT2D eigenvalue weighted by atomic mass is 10.2. The zero-order valence-corrected chi connectivity index (χ0v) is 16.3. The van der Waals surface area contributed by atoms with Crippen molar-refractivity contribution in [2.24, 2.45) is 0 Å². The van der Waals surface area contributed by atoms with Crippen molar-refractivity contribution in [3.05, 3.63) is 59.8 Å². The Labute approximate surface area is 171 Å². The average molecular weight is 415 g/mol. The second-order valence-electron chi connectivity index (χ2n) is 7.10. The molecular formula is C21H20F3N5O. The van der Waals surface area contributed by atoms with Crippen molar-refractivity contribution in [1.29, 1.82) is 0 Å². The van der Waals surface area contributed by atoms with Crippen LogP contribution in [0.3, 0.4) is 0 Å². The number of para-hydroxylation sites is 3. The summed E-state index contributed by atoms with van der Waals surface area (Å²) in [6.07, 6.45) is -4.62. The molecule has 2 aromatic carbocycles. The molecule has 2 amide bonds. The molecule has 4 rings (SSSR count). The van der Waals surface area contributed by atoms with E-state index in [1.54, 1.807) is 28.0 Å². The minimum Gasteiger partial charge on any atom is -0.351 e. The zero-order valence-electron chi connectivity index (χ0n) is 16.3. The number of amides is 2. The van der Waals surface area contributed by atoms with Gasteiger partial charge in [-0.05, 0) is 30.7 Å². The maximum atomic E-state index is 13.6. The first-order valence-electron chi connectivity index (χ1n) is 9.53. The maximum Gasteiger partial charge on any atom is 0.437 e. The Bertz CT molecular complexity index is 1080. The summed E-state index contributed by atoms with van der Waals surface area (Å²) in [5.74, 6) is -0.194. The van der Waals surface area contributed by atoms with Gasteiger partial charge in [-0.15, -0.1) is 0 Å². The topological polar surface area (TPSA) is 61.4 Å². The first-order valence-corrected chi connectivity index (χ1v) is 9.53. The van der Waals surface area contributed by atoms with E-state index in [1.165, 1.54) is 6.07 Å². The van der Waals surface area contributed by atoms with Crippen LogP contribution in [0.4, 0.5) is 29.5 Å². The molecule has 3 aromatic rings. The van der Waals surface area contributed by atoms with Gasteiger partial charge in [0.2, 0.25) is 0 Å². The van der Waals surface area contributed by atoms with Crippen molar-refractivity contribution in [2.45, 2.75) is 13.1 Å². The highest BCUT2D eigenvalue weighted by Gasteiger charge is 2.39. The summed E-state index contributed by atoms with van der Waals surface area (Å²) in [7, 11) is 0. The molecule has 0 saturated carbocycles. The normalized spacial score (nSPS) is 14.8. The molecule has 1 fully saturated rings. The molecular weight excluding hydrogens is 395 g/mol. The number of nitrogens with one attached hydrogen (secondary N) is 1. The molecule has 2 heterocycles. The highest BCUT2D eigenvalue weighted by molar-refractivity contribution is 5.90. The number of aryl methyl sites for hydroxylation is 1. The van der Waals surface area contributed by atoms with E-state index in [4.69, 9.17) is 0 Å². The summed E-state index contributed by atoms with van der Waals surface area (Å²) in [5, 5.41) is 2.85. The third-order valence-corrected chi connectivity index (χ3v) is 5.07. The minimum absolute atomic E-state index is 0.194. The number of hydrogen-bond acceptors (Lipinski definition) is 4. The molecule has 1 aliphatic rings. The van der Waals surface area contributed by atoms with Gasteiger partial charge in [0.05, 0.1) is 11.0 Å². The number of carbonyl (C=O) groups excluding carboxylic acids is 1. The molecule has 1 N–H and O–H groups in total. The van der Waals surface area contributed by atoms with Crippen LogP contribution in [0.2, 0.25) is 0 Å². The minimum atomic E-state index is -4.62. The van der Waals surface area contributed by atoms with Crippen molar-refractivity contribution in [3.63, 3.8) is 0 Å². The zero-order chi connectivity index (χ0) is 21.3. The van der Waals surface area contributed by atoms with Gasteiger partial charge in [0, 0.05) is 31.9 Å². The molecule has 0 unspecified atom stereocenters. The number of halogens is 3. The van der Waals surface area contributed by atoms with Gasteiger partial charge in [-0.3, -0.25) is 0 Å². The quantitative estimate of drug-likeness (QED) is 0.678. The van der Waals surface area contributed by atoms with Crippen LogP contribution in [0.25, 0.3) is 11.0 Å². The number of rotatable bonds is 2. The number of aromatic nitrogens is 2. The predicted octanol–water partition coefficient (Wildman–Crippen LogP) is 4.31. The van der Waals surface area contributed by atoms with E-state index >= 15 is 0 Å². The third-order valence-electron chi connectivity index (χ3n) is 5.07. The van der Waals surface area contributed by atoms with Crippen molar-refractivity contribution < 1.29 is 18.0 Å². The molecule has 0 bridgehead atoms. The predicted molar refractivity (Wildman–Crippen MR) is 109 cm³/mol. The van der Waals surface area contributed by atoms with Gasteiger partial charge >= 0.3 is 12.2 Å². The largest absolute Gasteiger partial charge is 0.437 e. The summed E-state index contributed by atoms with van der Waals surface area (Å²) >= 11 is 0. The standard InChI is InChI=1S/C21H20F3N5O/c1-14-6-2-3-7-15(14)27-20(30)29-12-10-28(11-13-29)19-18(21(22,23)24)25-16-8-4-5-9-17(16)26-19/h2-9H,10-13H2,1H3,(H,27,30). The smallest absolute Gasteiger partial charge is 0.351 e. The first-order chi connectivity index (χ1) is 14.3. The third kappa shape index (κ3) is 4.00. The molecule has 156 valence electrons. The van der Waals surface area contributed by atoms with E-state index in [1.807, 2.05) is 31.2 Å². The Morgan fingerprint density at radius 1 is 0.933 bits per heavy atom. The number of urea groups is 1. The fraction of sp³-hybridized carbons (Fsp3) is 0.286. The highest BCUT2D eigenvalue weighted by atomic mass is 19.4. The fourth-order valence-electron chi connectivity index (χ4n) is 3.43. The van der Waals surface area contributed by atoms with Crippen LogP contribution in [0.5, 0.6) is 0 Å². The number of benzene rings is 2. The molecule has 0 spiro atoms. The maximum absolute atomic E-state index is 13.6. The van der Waals surface area contributed by atoms with E-state index in [-0.39, 0.29) is 43.5 Å². The lowest BCUT2D eigenvalue weighted by Crippen LogP contribution is -2.50. The molecule has 1 aromatic heterocycles. The van der Waals surface area contributed by atoms with Crippen LogP contribution in [0.15, 0.2) is 48.5 Å². The monoisotopic (exact) mass is 415 g/mol. The van der Waals surface area contributed by atoms with Gasteiger partial charge in [-0.1, -0.05) is 30.3 Å². The van der Waals surface area contributed by atoms with Gasteiger partial charge in [0.15, 0.2) is 11.5 Å². The Morgan fingerprint density at radius 3 is 2.17 bits per heavy atom. The molecule has 30 heavy (non-hydrogen) atoms. The van der Waals surface area contributed by atoms with Crippen molar-refractivity contribution in [2.75, 3.05) is 36.4 Å². The summed E-state index contributed by atoms with van der Waals surface area (Å²) in [6.45, 7) is 2.92. The lowest BCUT2D eigenvalue weighted by molar-refractivity contribution is -0.140. The summed E-state index contributed by atoms with van der Waals surface area (Å²) < 4.78 is 40.8. The lowest BCUT2D eigenvalue weighted by Gasteiger charge is -2.36. The number of carbonyl (C=O) groups is 1. The summed E-state index contributed by atoms with van der Waals surface area (Å²) in [6, 6.07) is 13.6. The van der Waals surface area contributed by atoms with Crippen LogP contribution in [0, 0.1) is 6.92 Å². The molecule has 1 saturated heterocycles. The molecule has 0 radical (unpaired) electrons. The average Bonchev–Trinajstić information content (AvgIpc) is 2.74. The van der Waals surface area contributed by atoms with Gasteiger partial charge in [-0.25, -0.2) is 14.8 Å². The molecule has 0 aliphatic carbocycles. The van der Waals surface area contributed by atoms with Crippen molar-refractivity contribution in [1.82, 2.24) is 14.9 Å². The molecule has 9 heteroatoms. The van der Waals surface area contributed by atoms with Crippen LogP contribution in [-0.2, 0) is 6.18 Å². The summed E-state index contributed by atoms with van der Waals surface area (Å²) in [5.41, 5.74) is 1.25. The first kappa shape index (κ1) is 19.9. The van der Waals surface area contributed by atoms with Crippen LogP contribution in [-0.4, -0.2) is 47.1 Å². The van der Waals surface area contributed by atoms with E-state index < -0.39 is 11.9 Å². The van der Waals surface area contributed by atoms with E-state index in [0.29, 0.717) is 11.2 Å². The van der Waals surface area contributed by atoms with Crippen molar-refractivity contribution in [3.8, 4) is 0 Å². The summed E-state index contributed by atoms with van der Waals surface area (Å²) in [4.78, 5) is 23.7. The number of piperazine rings is 1. The number of fused-ring (bicyclic) bond motifs is 1. The van der Waals surface area contributed by atoms with E-state index in [2.05, 4.69) is 15.3 Å². The fourth-order valence-corrected chi connectivity index (χ4v) is 3.43. The van der Waals surface area contributed by atoms with Gasteiger partial charge < -0.3 is 15.1 Å². The Hall–Kier alpha value is -3.36. The van der Waals surface area contributed by atoms with E-state index in [0.717, 1.165) is 5.56 Å². The molecule has 1 aliphatic heterocycles. The van der Waals surface area contributed by atoms with Crippen LogP contribution < -0.4 is 10.2 Å². The number of nitrogens with zero attached hydrogens (tertiary/aromatic N) is 4. The van der Waals surface area contributed by atoms with E-state index in [9.17, 15) is 18.0 Å². The van der Waals surface area contributed by atoms with Crippen LogP contribution in [0.1, 0.15) is 11.3 Å². The van der Waals surface area contributed by atoms with Gasteiger partial charge in [0.25, 0.3) is 0 Å². The number of alkyl halides is 3. The molecule has 0 atom stereocenters. The Morgan fingerprint density at radius 2 is 1.53 bits per heavy atom. The Kier molecular flexibility index (Phi) is 5.19. The van der Waals surface area contributed by atoms with Gasteiger partial charge in [-0.2, -0.15) is 13.2 Å². The number of anilines is 2. The second-order valence-corrected chi connectivity index (χ2v) is 7.10.